The van der Waals surface area contributed by atoms with Crippen LogP contribution in [0.2, 0.25) is 0 Å². The van der Waals surface area contributed by atoms with Crippen molar-refractivity contribution in [2.75, 3.05) is 0 Å². The predicted molar refractivity (Wildman–Crippen MR) is 70.5 cm³/mol. The molecule has 0 amide bonds. The van der Waals surface area contributed by atoms with Gasteiger partial charge in [-0.15, -0.1) is 0 Å². The molecule has 65 valence electrons. The Hall–Kier alpha value is 3.34. The molecule has 0 unspecified atom stereocenters. The number of halogens is 4. The molecule has 8 N–H and O–H groups in total. The maximum atomic E-state index is 2.51. The molecular weight excluding hydrogens is 623 g/mol. The van der Waals surface area contributed by atoms with E-state index >= 15 is 0 Å². The van der Waals surface area contributed by atoms with Crippen LogP contribution in [0.4, 0.5) is 0 Å². The first-order valence-electron chi connectivity index (χ1n) is 0.676. The van der Waals surface area contributed by atoms with Gasteiger partial charge in [-0.2, -0.15) is 0 Å². The summed E-state index contributed by atoms with van der Waals surface area (Å²) in [6, 6.07) is 0. The quantitative estimate of drug-likeness (QED) is 0.341. The van der Waals surface area contributed by atoms with Gasteiger partial charge < -0.3 is 21.9 Å². The molecule has 4 nitrogen and oxygen atoms in total. The summed E-state index contributed by atoms with van der Waals surface area (Å²) in [5.41, 5.74) is 0. The van der Waals surface area contributed by atoms with Gasteiger partial charge in [-0.3, -0.25) is 0 Å². The van der Waals surface area contributed by atoms with Crippen molar-refractivity contribution in [1.82, 2.24) is 0 Å². The van der Waals surface area contributed by atoms with Crippen molar-refractivity contribution in [2.24, 2.45) is 0 Å². The first kappa shape index (κ1) is 29.5. The van der Waals surface area contributed by atoms with Crippen LogP contribution in [0.25, 0.3) is 0 Å². The monoisotopic (exact) mass is 631 g/mol. The zero-order valence-electron chi connectivity index (χ0n) is 3.96. The van der Waals surface area contributed by atoms with Crippen molar-refractivity contribution >= 4 is 79.9 Å². The van der Waals surface area contributed by atoms with Gasteiger partial charge in [-0.05, 0) is 0 Å². The number of hydrogen-bond acceptors (Lipinski definition) is 0. The van der Waals surface area contributed by atoms with Crippen molar-refractivity contribution in [3.63, 3.8) is 0 Å². The van der Waals surface area contributed by atoms with E-state index < -0.39 is 0.376 Å². The molecule has 0 atom stereocenters. The fourth-order valence-electron chi connectivity index (χ4n) is 0. The van der Waals surface area contributed by atoms with E-state index in [1.807, 2.05) is 0 Å². The van der Waals surface area contributed by atoms with E-state index in [1.54, 1.807) is 0 Å². The van der Waals surface area contributed by atoms with Crippen LogP contribution in [0.15, 0.2) is 0 Å². The summed E-state index contributed by atoms with van der Waals surface area (Å²) >= 11 is 10.0. The molecule has 0 fully saturated rings. The maximum absolute atomic E-state index is 2.51. The van der Waals surface area contributed by atoms with Crippen LogP contribution in [0, 0.1) is 0 Å². The van der Waals surface area contributed by atoms with Crippen LogP contribution >= 0.6 is 79.9 Å². The fourth-order valence-corrected chi connectivity index (χ4v) is 0. The van der Waals surface area contributed by atoms with Crippen LogP contribution in [0.1, 0.15) is 0 Å². The van der Waals surface area contributed by atoms with Gasteiger partial charge in [-0.1, -0.05) is 0 Å². The molecule has 0 aromatic carbocycles. The molecule has 0 bridgehead atoms. The normalized spacial score (nSPS) is 6.67. The molecule has 0 saturated heterocycles. The van der Waals surface area contributed by atoms with E-state index in [0.717, 1.165) is 0 Å². The summed E-state index contributed by atoms with van der Waals surface area (Å²) in [7, 11) is 0. The third-order valence-electron chi connectivity index (χ3n) is 0. The molecule has 0 spiro atoms. The van der Waals surface area contributed by atoms with Gasteiger partial charge in [0, 0.05) is 0 Å². The second-order valence-corrected chi connectivity index (χ2v) is 71.1. The molecule has 9 heteroatoms. The first-order valence-corrected chi connectivity index (χ1v) is 18.7. The van der Waals surface area contributed by atoms with Gasteiger partial charge in [0.1, 0.15) is 0 Å². The van der Waals surface area contributed by atoms with Gasteiger partial charge in [0.05, 0.1) is 0 Å². The summed E-state index contributed by atoms with van der Waals surface area (Å²) in [6.07, 6.45) is 0. The second kappa shape index (κ2) is 13.9. The Balaban J connectivity index is -0.0000000133. The van der Waals surface area contributed by atoms with Gasteiger partial charge in [0.25, 0.3) is 0 Å². The molecule has 0 radical (unpaired) electrons. The SMILES string of the molecule is O.O.O.O.[I][V]([I])([I])[I]. The topological polar surface area (TPSA) is 126 Å². The van der Waals surface area contributed by atoms with Crippen LogP contribution in [-0.4, -0.2) is 21.9 Å². The summed E-state index contributed by atoms with van der Waals surface area (Å²) in [5.74, 6) is 0. The van der Waals surface area contributed by atoms with E-state index in [-0.39, 0.29) is 21.9 Å². The summed E-state index contributed by atoms with van der Waals surface area (Å²) < 4.78 is -0.995. The molecule has 0 aliphatic rings. The summed E-state index contributed by atoms with van der Waals surface area (Å²) in [4.78, 5) is 0. The third-order valence-corrected chi connectivity index (χ3v) is 0. The van der Waals surface area contributed by atoms with Gasteiger partial charge >= 0.3 is 80.3 Å². The zero-order chi connectivity index (χ0) is 4.50. The Bertz CT molecular complexity index is 28.0. The Kier molecular flexibility index (Phi) is 45.5. The fraction of sp³-hybridized carbons (Fsp3) is 0. The summed E-state index contributed by atoms with van der Waals surface area (Å²) in [6.45, 7) is 0. The van der Waals surface area contributed by atoms with E-state index in [0.29, 0.717) is 0 Å². The average molecular weight is 631 g/mol. The first-order chi connectivity index (χ1) is 2.00. The van der Waals surface area contributed by atoms with Gasteiger partial charge in [0.15, 0.2) is 0 Å². The second-order valence-electron chi connectivity index (χ2n) is 0.383. The van der Waals surface area contributed by atoms with Crippen molar-refractivity contribution in [3.05, 3.63) is 0 Å². The van der Waals surface area contributed by atoms with Crippen molar-refractivity contribution in [3.8, 4) is 0 Å². The zero-order valence-corrected chi connectivity index (χ0v) is 14.0. The van der Waals surface area contributed by atoms with E-state index in [2.05, 4.69) is 79.9 Å². The van der Waals surface area contributed by atoms with Crippen LogP contribution in [0.5, 0.6) is 0 Å². The molecule has 0 heterocycles. The van der Waals surface area contributed by atoms with Crippen LogP contribution < -0.4 is 0 Å². The van der Waals surface area contributed by atoms with Crippen molar-refractivity contribution < 1.29 is 22.3 Å². The molecule has 0 aromatic rings. The van der Waals surface area contributed by atoms with Crippen molar-refractivity contribution in [1.29, 1.82) is 0 Å². The van der Waals surface area contributed by atoms with Gasteiger partial charge in [-0.25, -0.2) is 0 Å². The molecule has 0 saturated carbocycles. The Morgan fingerprint density at radius 3 is 0.556 bits per heavy atom. The predicted octanol–water partition coefficient (Wildman–Crippen LogP) is 0.241. The molecule has 0 aromatic heterocycles. The van der Waals surface area contributed by atoms with Gasteiger partial charge in [0.2, 0.25) is 0 Å². The minimum absolute atomic E-state index is 0. The Labute approximate surface area is 99.7 Å². The summed E-state index contributed by atoms with van der Waals surface area (Å²) in [5, 5.41) is 0. The van der Waals surface area contributed by atoms with E-state index in [9.17, 15) is 0 Å². The Morgan fingerprint density at radius 1 is 0.556 bits per heavy atom. The van der Waals surface area contributed by atoms with Crippen LogP contribution in [-0.2, 0) is 0.376 Å². The molecule has 0 aliphatic heterocycles. The molecule has 0 aliphatic carbocycles. The third kappa shape index (κ3) is 88.6. The number of rotatable bonds is 0. The number of hydrogen-bond donors (Lipinski definition) is 0. The van der Waals surface area contributed by atoms with E-state index in [1.165, 1.54) is 0 Å². The average Bonchev–Trinajstić information content (AvgIpc) is 0.722. The Morgan fingerprint density at radius 2 is 0.556 bits per heavy atom. The molecule has 0 rings (SSSR count). The minimum atomic E-state index is -0.995. The van der Waals surface area contributed by atoms with E-state index in [4.69, 9.17) is 0 Å². The molecule has 9 heavy (non-hydrogen) atoms. The van der Waals surface area contributed by atoms with Crippen molar-refractivity contribution in [2.45, 2.75) is 0 Å². The van der Waals surface area contributed by atoms with Crippen LogP contribution in [0.3, 0.4) is 0 Å². The standard InChI is InChI=1S/4HI.4H2O.V/h4*1H;4*1H2;/q;;;;;;;;+4/p-4. The molecular formula is H8I4O4V.